The van der Waals surface area contributed by atoms with E-state index in [0.29, 0.717) is 32.3 Å². The Morgan fingerprint density at radius 1 is 1.00 bits per heavy atom. The molecule has 6 heteroatoms. The fourth-order valence-electron chi connectivity index (χ4n) is 3.83. The third-order valence-corrected chi connectivity index (χ3v) is 5.54. The highest BCUT2D eigenvalue weighted by Gasteiger charge is 2.27. The van der Waals surface area contributed by atoms with E-state index in [1.165, 1.54) is 6.42 Å². The number of carbonyl (C=O) groups is 2. The van der Waals surface area contributed by atoms with Crippen LogP contribution in [0.3, 0.4) is 0 Å². The van der Waals surface area contributed by atoms with Gasteiger partial charge in [0.15, 0.2) is 0 Å². The van der Waals surface area contributed by atoms with Gasteiger partial charge in [-0.15, -0.1) is 0 Å². The zero-order chi connectivity index (χ0) is 19.1. The van der Waals surface area contributed by atoms with E-state index in [-0.39, 0.29) is 18.4 Å². The molecule has 2 aliphatic rings. The molecular formula is C21H31N3O3. The van der Waals surface area contributed by atoms with Crippen LogP contribution in [0.4, 0.5) is 0 Å². The van der Waals surface area contributed by atoms with Crippen LogP contribution in [0.25, 0.3) is 0 Å². The van der Waals surface area contributed by atoms with Crippen molar-refractivity contribution in [3.8, 4) is 0 Å². The van der Waals surface area contributed by atoms with Gasteiger partial charge in [-0.25, -0.2) is 0 Å². The molecule has 6 nitrogen and oxygen atoms in total. The molecule has 2 amide bonds. The molecule has 0 spiro atoms. The summed E-state index contributed by atoms with van der Waals surface area (Å²) in [4.78, 5) is 30.9. The minimum Gasteiger partial charge on any atom is -0.367 e. The lowest BCUT2D eigenvalue weighted by molar-refractivity contribution is -0.139. The largest absolute Gasteiger partial charge is 0.367 e. The topological polar surface area (TPSA) is 53.1 Å². The summed E-state index contributed by atoms with van der Waals surface area (Å²) < 4.78 is 5.55. The van der Waals surface area contributed by atoms with E-state index in [1.807, 2.05) is 40.1 Å². The smallest absolute Gasteiger partial charge is 0.248 e. The second-order valence-electron chi connectivity index (χ2n) is 7.57. The summed E-state index contributed by atoms with van der Waals surface area (Å²) in [5, 5.41) is 0. The Morgan fingerprint density at radius 2 is 1.74 bits per heavy atom. The van der Waals surface area contributed by atoms with Crippen LogP contribution in [0.5, 0.6) is 0 Å². The molecule has 3 rings (SSSR count). The van der Waals surface area contributed by atoms with E-state index in [1.54, 1.807) is 0 Å². The highest BCUT2D eigenvalue weighted by molar-refractivity contribution is 5.79. The number of piperidine rings is 1. The number of ether oxygens (including phenoxy) is 1. The quantitative estimate of drug-likeness (QED) is 0.762. The van der Waals surface area contributed by atoms with Gasteiger partial charge in [-0.3, -0.25) is 14.5 Å². The molecule has 148 valence electrons. The normalized spacial score (nSPS) is 21.3. The molecule has 0 N–H and O–H groups in total. The van der Waals surface area contributed by atoms with Gasteiger partial charge in [0.1, 0.15) is 6.61 Å². The molecule has 0 aliphatic carbocycles. The first kappa shape index (κ1) is 19.8. The number of carbonyl (C=O) groups excluding carboxylic acids is 2. The summed E-state index contributed by atoms with van der Waals surface area (Å²) in [6.07, 6.45) is 3.44. The van der Waals surface area contributed by atoms with Gasteiger partial charge in [-0.1, -0.05) is 30.3 Å². The van der Waals surface area contributed by atoms with Crippen molar-refractivity contribution in [2.75, 3.05) is 45.9 Å². The first-order valence-corrected chi connectivity index (χ1v) is 10.0. The average Bonchev–Trinajstić information content (AvgIpc) is 2.69. The predicted octanol–water partition coefficient (Wildman–Crippen LogP) is 1.75. The Labute approximate surface area is 162 Å². The van der Waals surface area contributed by atoms with Crippen LogP contribution in [-0.4, -0.2) is 78.4 Å². The van der Waals surface area contributed by atoms with Crippen molar-refractivity contribution in [1.82, 2.24) is 14.7 Å². The van der Waals surface area contributed by atoms with Crippen LogP contribution in [0.2, 0.25) is 0 Å². The van der Waals surface area contributed by atoms with Gasteiger partial charge >= 0.3 is 0 Å². The summed E-state index contributed by atoms with van der Waals surface area (Å²) in [6.45, 7) is 6.88. The molecule has 0 bridgehead atoms. The lowest BCUT2D eigenvalue weighted by Crippen LogP contribution is -2.53. The minimum absolute atomic E-state index is 0.0292. The molecule has 0 radical (unpaired) electrons. The molecule has 2 saturated heterocycles. The second kappa shape index (κ2) is 9.85. The fraction of sp³-hybridized carbons (Fsp3) is 0.619. The lowest BCUT2D eigenvalue weighted by atomic mass is 10.0. The molecule has 1 aromatic carbocycles. The van der Waals surface area contributed by atoms with E-state index in [2.05, 4.69) is 11.8 Å². The summed E-state index contributed by atoms with van der Waals surface area (Å²) in [5.74, 6) is 0.259. The molecule has 27 heavy (non-hydrogen) atoms. The zero-order valence-electron chi connectivity index (χ0n) is 16.3. The van der Waals surface area contributed by atoms with Gasteiger partial charge in [0.25, 0.3) is 0 Å². The minimum atomic E-state index is 0.0292. The molecule has 1 atom stereocenters. The number of rotatable bonds is 6. The highest BCUT2D eigenvalue weighted by atomic mass is 16.5. The first-order valence-electron chi connectivity index (χ1n) is 10.0. The van der Waals surface area contributed by atoms with Crippen LogP contribution in [0.1, 0.15) is 31.7 Å². The van der Waals surface area contributed by atoms with Gasteiger partial charge in [0.05, 0.1) is 13.2 Å². The number of hydrogen-bond donors (Lipinski definition) is 0. The summed E-state index contributed by atoms with van der Waals surface area (Å²) in [5.41, 5.74) is 1.07. The average molecular weight is 373 g/mol. The summed E-state index contributed by atoms with van der Waals surface area (Å²) >= 11 is 0. The van der Waals surface area contributed by atoms with Crippen molar-refractivity contribution in [1.29, 1.82) is 0 Å². The van der Waals surface area contributed by atoms with Gasteiger partial charge in [-0.05, 0) is 31.7 Å². The van der Waals surface area contributed by atoms with E-state index < -0.39 is 0 Å². The number of hydrogen-bond acceptors (Lipinski definition) is 4. The maximum Gasteiger partial charge on any atom is 0.248 e. The maximum atomic E-state index is 12.6. The lowest BCUT2D eigenvalue weighted by Gasteiger charge is -2.38. The van der Waals surface area contributed by atoms with Crippen LogP contribution in [0, 0.1) is 0 Å². The molecule has 2 heterocycles. The SMILES string of the molecule is CC1CCCCN1C(=O)CN1CCN(C(=O)COCc2ccccc2)CC1. The van der Waals surface area contributed by atoms with Crippen LogP contribution < -0.4 is 0 Å². The van der Waals surface area contributed by atoms with Crippen molar-refractivity contribution in [3.05, 3.63) is 35.9 Å². The molecular weight excluding hydrogens is 342 g/mol. The molecule has 1 aromatic rings. The van der Waals surface area contributed by atoms with Crippen molar-refractivity contribution in [3.63, 3.8) is 0 Å². The molecule has 1 unspecified atom stereocenters. The van der Waals surface area contributed by atoms with Crippen molar-refractivity contribution in [2.24, 2.45) is 0 Å². The Balaban J connectivity index is 1.35. The summed E-state index contributed by atoms with van der Waals surface area (Å²) in [7, 11) is 0. The van der Waals surface area contributed by atoms with Gasteiger partial charge in [0.2, 0.25) is 11.8 Å². The number of amides is 2. The maximum absolute atomic E-state index is 12.6. The Morgan fingerprint density at radius 3 is 2.44 bits per heavy atom. The summed E-state index contributed by atoms with van der Waals surface area (Å²) in [6, 6.07) is 10.2. The van der Waals surface area contributed by atoms with Gasteiger partial charge in [0, 0.05) is 38.8 Å². The zero-order valence-corrected chi connectivity index (χ0v) is 16.3. The molecule has 0 aromatic heterocycles. The van der Waals surface area contributed by atoms with Crippen LogP contribution in [0.15, 0.2) is 30.3 Å². The Bertz CT molecular complexity index is 614. The number of benzene rings is 1. The molecule has 2 aliphatic heterocycles. The van der Waals surface area contributed by atoms with Crippen LogP contribution in [-0.2, 0) is 20.9 Å². The van der Waals surface area contributed by atoms with Crippen LogP contribution >= 0.6 is 0 Å². The van der Waals surface area contributed by atoms with Crippen molar-refractivity contribution >= 4 is 11.8 Å². The number of piperazine rings is 1. The van der Waals surface area contributed by atoms with E-state index in [9.17, 15) is 9.59 Å². The van der Waals surface area contributed by atoms with Crippen molar-refractivity contribution in [2.45, 2.75) is 38.8 Å². The molecule has 0 saturated carbocycles. The van der Waals surface area contributed by atoms with Gasteiger partial charge in [-0.2, -0.15) is 0 Å². The third kappa shape index (κ3) is 5.78. The van der Waals surface area contributed by atoms with Gasteiger partial charge < -0.3 is 14.5 Å². The highest BCUT2D eigenvalue weighted by Crippen LogP contribution is 2.17. The molecule has 2 fully saturated rings. The standard InChI is InChI=1S/C21H31N3O3/c1-18-7-5-6-10-24(18)20(25)15-22-11-13-23(14-12-22)21(26)17-27-16-19-8-3-2-4-9-19/h2-4,8-9,18H,5-7,10-17H2,1H3. The number of nitrogens with zero attached hydrogens (tertiary/aromatic N) is 3. The fourth-order valence-corrected chi connectivity index (χ4v) is 3.83. The Kier molecular flexibility index (Phi) is 7.24. The van der Waals surface area contributed by atoms with Crippen molar-refractivity contribution < 1.29 is 14.3 Å². The van der Waals surface area contributed by atoms with E-state index in [4.69, 9.17) is 4.74 Å². The second-order valence-corrected chi connectivity index (χ2v) is 7.57. The monoisotopic (exact) mass is 373 g/mol. The predicted molar refractivity (Wildman–Crippen MR) is 104 cm³/mol. The van der Waals surface area contributed by atoms with E-state index >= 15 is 0 Å². The van der Waals surface area contributed by atoms with E-state index in [0.717, 1.165) is 38.0 Å². The Hall–Kier alpha value is -1.92. The first-order chi connectivity index (χ1) is 13.1. The third-order valence-electron chi connectivity index (χ3n) is 5.54. The number of likely N-dealkylation sites (tertiary alicyclic amines) is 1.